The fraction of sp³-hybridized carbons (Fsp3) is 0.118. The quantitative estimate of drug-likeness (QED) is 0.536. The van der Waals surface area contributed by atoms with Crippen LogP contribution in [0.3, 0.4) is 0 Å². The average Bonchev–Trinajstić information content (AvgIpc) is 2.60. The van der Waals surface area contributed by atoms with Crippen molar-refractivity contribution in [2.45, 2.75) is 11.8 Å². The van der Waals surface area contributed by atoms with Gasteiger partial charge in [-0.15, -0.1) is 4.83 Å². The maximum absolute atomic E-state index is 12.1. The summed E-state index contributed by atoms with van der Waals surface area (Å²) >= 11 is 11.8. The fourth-order valence-corrected chi connectivity index (χ4v) is 3.22. The normalized spacial score (nSPS) is 11.5. The highest BCUT2D eigenvalue weighted by Gasteiger charge is 2.14. The van der Waals surface area contributed by atoms with Gasteiger partial charge in [0.05, 0.1) is 11.5 Å². The average molecular weight is 415 g/mol. The number of nitrogens with one attached hydrogen (secondary N) is 2. The Hall–Kier alpha value is -2.06. The summed E-state index contributed by atoms with van der Waals surface area (Å²) < 4.78 is 29.5. The zero-order chi connectivity index (χ0) is 19.2. The lowest BCUT2D eigenvalue weighted by Gasteiger charge is -2.08. The fourth-order valence-electron chi connectivity index (χ4n) is 1.90. The second-order valence-corrected chi connectivity index (χ2v) is 7.52. The summed E-state index contributed by atoms with van der Waals surface area (Å²) in [6.45, 7) is 2.30. The first-order valence-corrected chi connectivity index (χ1v) is 9.73. The minimum atomic E-state index is -3.90. The predicted octanol–water partition coefficient (Wildman–Crippen LogP) is 3.42. The summed E-state index contributed by atoms with van der Waals surface area (Å²) in [7, 11) is -3.90. The molecule has 0 aliphatic carbocycles. The molecule has 6 nitrogen and oxygen atoms in total. The molecule has 26 heavy (non-hydrogen) atoms. The Morgan fingerprint density at radius 2 is 1.85 bits per heavy atom. The summed E-state index contributed by atoms with van der Waals surface area (Å²) in [4.78, 5) is 13.8. The van der Waals surface area contributed by atoms with Crippen molar-refractivity contribution in [2.75, 3.05) is 6.61 Å². The van der Waals surface area contributed by atoms with E-state index in [0.717, 1.165) is 6.08 Å². The van der Waals surface area contributed by atoms with Crippen molar-refractivity contribution in [3.05, 3.63) is 64.1 Å². The second-order valence-electron chi connectivity index (χ2n) is 5.00. The van der Waals surface area contributed by atoms with Gasteiger partial charge in [0.25, 0.3) is 15.9 Å². The highest BCUT2D eigenvalue weighted by atomic mass is 35.5. The SMILES string of the molecule is CCOc1ccc(S(=O)(=O)NNC(=O)/C=C/c2ccc(Cl)cc2Cl)cc1. The molecule has 2 aromatic carbocycles. The van der Waals surface area contributed by atoms with E-state index < -0.39 is 15.9 Å². The van der Waals surface area contributed by atoms with Crippen molar-refractivity contribution in [1.82, 2.24) is 10.3 Å². The highest BCUT2D eigenvalue weighted by Crippen LogP contribution is 2.22. The minimum absolute atomic E-state index is 0.00835. The van der Waals surface area contributed by atoms with Crippen LogP contribution in [0.5, 0.6) is 5.75 Å². The number of hydrogen-bond donors (Lipinski definition) is 2. The topological polar surface area (TPSA) is 84.5 Å². The van der Waals surface area contributed by atoms with Crippen molar-refractivity contribution in [3.8, 4) is 5.75 Å². The molecule has 2 rings (SSSR count). The molecule has 0 atom stereocenters. The molecule has 0 aliphatic heterocycles. The van der Waals surface area contributed by atoms with Gasteiger partial charge in [-0.25, -0.2) is 8.42 Å². The summed E-state index contributed by atoms with van der Waals surface area (Å²) in [5.41, 5.74) is 2.67. The maximum atomic E-state index is 12.1. The first-order valence-electron chi connectivity index (χ1n) is 7.49. The molecule has 9 heteroatoms. The largest absolute Gasteiger partial charge is 0.494 e. The van der Waals surface area contributed by atoms with Gasteiger partial charge in [0.15, 0.2) is 0 Å². The molecule has 0 bridgehead atoms. The van der Waals surface area contributed by atoms with E-state index in [1.165, 1.54) is 36.4 Å². The zero-order valence-corrected chi connectivity index (χ0v) is 16.0. The molecule has 0 spiro atoms. The van der Waals surface area contributed by atoms with Crippen molar-refractivity contribution in [1.29, 1.82) is 0 Å². The number of carbonyl (C=O) groups excluding carboxylic acids is 1. The van der Waals surface area contributed by atoms with Gasteiger partial charge >= 0.3 is 0 Å². The first kappa shape index (κ1) is 20.3. The third-order valence-corrected chi connectivity index (χ3v) is 4.96. The zero-order valence-electron chi connectivity index (χ0n) is 13.7. The molecule has 0 radical (unpaired) electrons. The number of ether oxygens (including phenoxy) is 1. The van der Waals surface area contributed by atoms with Crippen molar-refractivity contribution in [3.63, 3.8) is 0 Å². The van der Waals surface area contributed by atoms with Gasteiger partial charge in [-0.3, -0.25) is 10.2 Å². The third kappa shape index (κ3) is 5.74. The molecule has 0 saturated carbocycles. The smallest absolute Gasteiger partial charge is 0.258 e. The van der Waals surface area contributed by atoms with Gasteiger partial charge in [0, 0.05) is 16.1 Å². The van der Waals surface area contributed by atoms with E-state index in [9.17, 15) is 13.2 Å². The van der Waals surface area contributed by atoms with E-state index in [-0.39, 0.29) is 4.90 Å². The van der Waals surface area contributed by atoms with Crippen LogP contribution in [0.15, 0.2) is 53.4 Å². The molecular formula is C17H16Cl2N2O4S. The number of sulfonamides is 1. The standard InChI is InChI=1S/C17H16Cl2N2O4S/c1-2-25-14-6-8-15(9-7-14)26(23,24)21-20-17(22)10-4-12-3-5-13(18)11-16(12)19/h3-11,21H,2H2,1H3,(H,20,22)/b10-4+. The number of halogens is 2. The maximum Gasteiger partial charge on any atom is 0.258 e. The molecule has 0 aromatic heterocycles. The number of carbonyl (C=O) groups is 1. The molecule has 0 saturated heterocycles. The lowest BCUT2D eigenvalue weighted by Crippen LogP contribution is -2.40. The third-order valence-electron chi connectivity index (χ3n) is 3.13. The van der Waals surface area contributed by atoms with Gasteiger partial charge < -0.3 is 4.74 Å². The Labute approximate surface area is 161 Å². The molecular weight excluding hydrogens is 399 g/mol. The Bertz CT molecular complexity index is 913. The Morgan fingerprint density at radius 3 is 2.46 bits per heavy atom. The van der Waals surface area contributed by atoms with E-state index >= 15 is 0 Å². The number of hydrogen-bond acceptors (Lipinski definition) is 4. The predicted molar refractivity (Wildman–Crippen MR) is 102 cm³/mol. The van der Waals surface area contributed by atoms with E-state index in [4.69, 9.17) is 27.9 Å². The second kappa shape index (κ2) is 9.05. The van der Waals surface area contributed by atoms with Crippen molar-refractivity contribution >= 4 is 45.2 Å². The van der Waals surface area contributed by atoms with Crippen LogP contribution in [0.2, 0.25) is 10.0 Å². The number of benzene rings is 2. The first-order chi connectivity index (χ1) is 12.3. The van der Waals surface area contributed by atoms with Crippen molar-refractivity contribution in [2.24, 2.45) is 0 Å². The summed E-state index contributed by atoms with van der Waals surface area (Å²) in [5.74, 6) is -0.108. The van der Waals surface area contributed by atoms with Crippen LogP contribution in [0.4, 0.5) is 0 Å². The van der Waals surface area contributed by atoms with Gasteiger partial charge in [0.1, 0.15) is 5.75 Å². The number of rotatable bonds is 7. The highest BCUT2D eigenvalue weighted by molar-refractivity contribution is 7.89. The molecule has 138 valence electrons. The van der Waals surface area contributed by atoms with Gasteiger partial charge in [0.2, 0.25) is 0 Å². The molecule has 0 fully saturated rings. The van der Waals surface area contributed by atoms with Gasteiger partial charge in [-0.2, -0.15) is 0 Å². The van der Waals surface area contributed by atoms with Crippen LogP contribution < -0.4 is 15.0 Å². The molecule has 2 N–H and O–H groups in total. The Morgan fingerprint density at radius 1 is 1.15 bits per heavy atom. The van der Waals surface area contributed by atoms with E-state index in [1.54, 1.807) is 12.1 Å². The summed E-state index contributed by atoms with van der Waals surface area (Å²) in [6, 6.07) is 10.6. The molecule has 0 aliphatic rings. The molecule has 0 unspecified atom stereocenters. The van der Waals surface area contributed by atoms with Crippen LogP contribution in [-0.2, 0) is 14.8 Å². The van der Waals surface area contributed by atoms with Crippen LogP contribution in [-0.4, -0.2) is 20.9 Å². The number of amides is 1. The molecule has 1 amide bonds. The molecule has 0 heterocycles. The van der Waals surface area contributed by atoms with Gasteiger partial charge in [-0.1, -0.05) is 29.3 Å². The summed E-state index contributed by atoms with van der Waals surface area (Å²) in [6.07, 6.45) is 2.59. The summed E-state index contributed by atoms with van der Waals surface area (Å²) in [5, 5.41) is 0.844. The monoisotopic (exact) mass is 414 g/mol. The minimum Gasteiger partial charge on any atom is -0.494 e. The lowest BCUT2D eigenvalue weighted by atomic mass is 10.2. The van der Waals surface area contributed by atoms with E-state index in [2.05, 4.69) is 5.43 Å². The molecule has 2 aromatic rings. The Kier molecular flexibility index (Phi) is 7.05. The van der Waals surface area contributed by atoms with Crippen LogP contribution in [0.1, 0.15) is 12.5 Å². The van der Waals surface area contributed by atoms with E-state index in [1.807, 2.05) is 11.8 Å². The lowest BCUT2D eigenvalue weighted by molar-refractivity contribution is -0.116. The van der Waals surface area contributed by atoms with E-state index in [0.29, 0.717) is 28.0 Å². The van der Waals surface area contributed by atoms with Crippen molar-refractivity contribution < 1.29 is 17.9 Å². The number of hydrazine groups is 1. The van der Waals surface area contributed by atoms with Crippen LogP contribution in [0, 0.1) is 0 Å². The van der Waals surface area contributed by atoms with Crippen LogP contribution >= 0.6 is 23.2 Å². The Balaban J connectivity index is 1.97. The van der Waals surface area contributed by atoms with Crippen LogP contribution in [0.25, 0.3) is 6.08 Å². The van der Waals surface area contributed by atoms with Gasteiger partial charge in [-0.05, 0) is 55.0 Å².